The number of aromatic nitrogens is 2. The van der Waals surface area contributed by atoms with E-state index in [1.54, 1.807) is 30.1 Å². The Hall–Kier alpha value is -2.87. The number of benzene rings is 2. The number of rotatable bonds is 17. The van der Waals surface area contributed by atoms with E-state index in [2.05, 4.69) is 77.0 Å². The molecule has 282 valence electrons. The molecule has 4 atom stereocenters. The van der Waals surface area contributed by atoms with Crippen LogP contribution in [-0.2, 0) is 35.5 Å². The third-order valence-corrected chi connectivity index (χ3v) is 10.1. The topological polar surface area (TPSA) is 146 Å². The van der Waals surface area contributed by atoms with E-state index in [9.17, 15) is 19.5 Å². The molecule has 0 aliphatic rings. The van der Waals surface area contributed by atoms with E-state index in [1.165, 1.54) is 16.2 Å². The second-order valence-corrected chi connectivity index (χ2v) is 14.9. The van der Waals surface area contributed by atoms with Crippen molar-refractivity contribution in [1.82, 2.24) is 30.8 Å². The smallest absolute Gasteiger partial charge is 0.407 e. The summed E-state index contributed by atoms with van der Waals surface area (Å²) in [5.74, 6) is -0.277. The van der Waals surface area contributed by atoms with Gasteiger partial charge in [0, 0.05) is 67.8 Å². The predicted octanol–water partition coefficient (Wildman–Crippen LogP) is 7.68. The summed E-state index contributed by atoms with van der Waals surface area (Å²) in [4.78, 5) is 51.0. The highest BCUT2D eigenvalue weighted by molar-refractivity contribution is 15.0. The Bertz CT molecular complexity index is 1630. The van der Waals surface area contributed by atoms with Crippen molar-refractivity contribution < 1.29 is 24.2 Å². The first-order valence-corrected chi connectivity index (χ1v) is 25.0. The summed E-state index contributed by atoms with van der Waals surface area (Å²) in [6, 6.07) is 16.8. The van der Waals surface area contributed by atoms with E-state index in [4.69, 9.17) is 4.74 Å². The third kappa shape index (κ3) is 14.9. The predicted molar refractivity (Wildman–Crippen MR) is 225 cm³/mol. The van der Waals surface area contributed by atoms with Crippen LogP contribution in [0.3, 0.4) is 0 Å². The molecule has 0 saturated carbocycles. The molecule has 2 heterocycles. The molecule has 2 aromatic heterocycles. The molecule has 52 heavy (non-hydrogen) atoms. The molecule has 0 aliphatic heterocycles. The zero-order valence-electron chi connectivity index (χ0n) is 30.0. The van der Waals surface area contributed by atoms with Crippen molar-refractivity contribution in [3.05, 3.63) is 104 Å². The largest absolute Gasteiger partial charge is 0.444 e. The van der Waals surface area contributed by atoms with Crippen LogP contribution in [0.5, 0.6) is 0 Å². The molecule has 15 heteroatoms. The van der Waals surface area contributed by atoms with Gasteiger partial charge in [0.25, 0.3) is 0 Å². The van der Waals surface area contributed by atoms with Crippen LogP contribution in [0.4, 0.5) is 9.59 Å². The van der Waals surface area contributed by atoms with Crippen LogP contribution in [0.2, 0.25) is 0 Å². The highest BCUT2D eigenvalue weighted by Gasteiger charge is 2.31. The van der Waals surface area contributed by atoms with Crippen molar-refractivity contribution in [3.63, 3.8) is 0 Å². The molecule has 2 aromatic carbocycles. The van der Waals surface area contributed by atoms with Crippen LogP contribution >= 0.6 is 59.9 Å². The first-order valence-electron chi connectivity index (χ1n) is 17.0. The monoisotopic (exact) mass is 974 g/mol. The number of hydrogen-bond acceptors (Lipinski definition) is 9. The fourth-order valence-corrected chi connectivity index (χ4v) is 6.72. The van der Waals surface area contributed by atoms with Crippen LogP contribution in [0.15, 0.2) is 77.8 Å². The SMILES string of the molecule is CC(C)c1nc(CN(C)C(=O)NC(C(=O)NC(Cc2ccccc2)CC(O)C(Cc2ccccc2)NC(=O)OCc2cncs2)C(C)C)cs1.II. The molecule has 0 bridgehead atoms. The lowest BCUT2D eigenvalue weighted by Gasteiger charge is -2.30. The van der Waals surface area contributed by atoms with Gasteiger partial charge in [0.2, 0.25) is 5.91 Å². The first kappa shape index (κ1) is 43.5. The van der Waals surface area contributed by atoms with Gasteiger partial charge in [-0.3, -0.25) is 9.78 Å². The van der Waals surface area contributed by atoms with Crippen LogP contribution < -0.4 is 16.0 Å². The lowest BCUT2D eigenvalue weighted by molar-refractivity contribution is -0.124. The number of aliphatic hydroxyl groups is 1. The Balaban J connectivity index is 0.00000358. The second kappa shape index (κ2) is 23.0. The van der Waals surface area contributed by atoms with Crippen molar-refractivity contribution in [1.29, 1.82) is 0 Å². The van der Waals surface area contributed by atoms with Gasteiger partial charge < -0.3 is 30.7 Å². The van der Waals surface area contributed by atoms with Gasteiger partial charge in [-0.25, -0.2) is 14.6 Å². The molecule has 0 fully saturated rings. The second-order valence-electron chi connectivity index (χ2n) is 13.0. The Labute approximate surface area is 338 Å². The molecule has 0 aliphatic carbocycles. The maximum absolute atomic E-state index is 13.9. The van der Waals surface area contributed by atoms with Crippen molar-refractivity contribution in [2.45, 2.75) is 90.3 Å². The summed E-state index contributed by atoms with van der Waals surface area (Å²) in [5.41, 5.74) is 4.35. The van der Waals surface area contributed by atoms with E-state index in [-0.39, 0.29) is 30.9 Å². The summed E-state index contributed by atoms with van der Waals surface area (Å²) >= 11 is 7.19. The lowest BCUT2D eigenvalue weighted by atomic mass is 9.93. The van der Waals surface area contributed by atoms with E-state index >= 15 is 0 Å². The lowest BCUT2D eigenvalue weighted by Crippen LogP contribution is -2.55. The number of aliphatic hydroxyl groups excluding tert-OH is 1. The molecule has 4 rings (SSSR count). The fraction of sp³-hybridized carbons (Fsp3) is 0.432. The fourth-order valence-electron chi connectivity index (χ4n) is 5.39. The number of nitrogens with one attached hydrogen (secondary N) is 3. The molecule has 4 N–H and O–H groups in total. The van der Waals surface area contributed by atoms with E-state index in [0.29, 0.717) is 25.3 Å². The van der Waals surface area contributed by atoms with Gasteiger partial charge in [-0.15, -0.1) is 22.7 Å². The van der Waals surface area contributed by atoms with Crippen LogP contribution in [0, 0.1) is 5.92 Å². The standard InChI is InChI=1S/C37H48N6O5S2.I2/c1-24(2)33(42-36(46)43(5)20-29-22-49-35(40-29)25(3)4)34(45)39-28(16-26-12-8-6-9-13-26)18-32(44)31(17-27-14-10-7-11-15-27)41-37(47)48-21-30-19-38-23-50-30;1-2/h6-15,19,22-25,28,31-33,44H,16-18,20-21H2,1-5H3,(H,39,45)(H,41,47)(H,42,46);. The number of alkyl carbamates (subject to hydrolysis) is 1. The molecule has 11 nitrogen and oxygen atoms in total. The number of halogens is 2. The average Bonchev–Trinajstić information content (AvgIpc) is 3.84. The number of nitrogens with zero attached hydrogens (tertiary/aromatic N) is 3. The van der Waals surface area contributed by atoms with E-state index in [0.717, 1.165) is 26.7 Å². The van der Waals surface area contributed by atoms with Gasteiger partial charge in [-0.2, -0.15) is 0 Å². The summed E-state index contributed by atoms with van der Waals surface area (Å²) in [6.07, 6.45) is 0.836. The van der Waals surface area contributed by atoms with Crippen LogP contribution in [0.25, 0.3) is 0 Å². The maximum Gasteiger partial charge on any atom is 0.407 e. The first-order chi connectivity index (χ1) is 25.0. The van der Waals surface area contributed by atoms with Crippen molar-refractivity contribution in [2.24, 2.45) is 5.92 Å². The summed E-state index contributed by atoms with van der Waals surface area (Å²) in [7, 11) is 1.68. The van der Waals surface area contributed by atoms with Gasteiger partial charge in [0.15, 0.2) is 0 Å². The normalized spacial score (nSPS) is 13.3. The highest BCUT2D eigenvalue weighted by Crippen LogP contribution is 2.20. The van der Waals surface area contributed by atoms with Gasteiger partial charge in [-0.1, -0.05) is 88.4 Å². The molecule has 4 amide bonds. The molecule has 4 aromatic rings. The summed E-state index contributed by atoms with van der Waals surface area (Å²) < 4.78 is 5.42. The average molecular weight is 975 g/mol. The van der Waals surface area contributed by atoms with Gasteiger partial charge in [-0.05, 0) is 36.3 Å². The Morgan fingerprint density at radius 1 is 0.904 bits per heavy atom. The quantitative estimate of drug-likeness (QED) is 0.0795. The van der Waals surface area contributed by atoms with Crippen molar-refractivity contribution in [2.75, 3.05) is 7.05 Å². The van der Waals surface area contributed by atoms with Gasteiger partial charge in [0.1, 0.15) is 12.6 Å². The van der Waals surface area contributed by atoms with E-state index < -0.39 is 30.3 Å². The zero-order chi connectivity index (χ0) is 38.0. The summed E-state index contributed by atoms with van der Waals surface area (Å²) in [6.45, 7) is 8.28. The number of carbonyl (C=O) groups is 3. The number of urea groups is 1. The van der Waals surface area contributed by atoms with E-state index in [1.807, 2.05) is 79.9 Å². The highest BCUT2D eigenvalue weighted by atomic mass is 128. The Morgan fingerprint density at radius 2 is 1.54 bits per heavy atom. The molecule has 0 spiro atoms. The minimum absolute atomic E-state index is 0.0671. The zero-order valence-corrected chi connectivity index (χ0v) is 35.9. The van der Waals surface area contributed by atoms with Crippen molar-refractivity contribution >= 4 is 77.9 Å². The number of hydrogen-bond donors (Lipinski definition) is 4. The van der Waals surface area contributed by atoms with Crippen LogP contribution in [-0.4, -0.2) is 69.3 Å². The Kier molecular flexibility index (Phi) is 19.3. The van der Waals surface area contributed by atoms with Crippen LogP contribution in [0.1, 0.15) is 66.7 Å². The number of thiazole rings is 2. The molecule has 0 saturated heterocycles. The Morgan fingerprint density at radius 3 is 2.10 bits per heavy atom. The molecular weight excluding hydrogens is 926 g/mol. The summed E-state index contributed by atoms with van der Waals surface area (Å²) in [5, 5.41) is 23.5. The minimum atomic E-state index is -1.05. The van der Waals surface area contributed by atoms with Gasteiger partial charge >= 0.3 is 12.1 Å². The molecule has 0 radical (unpaired) electrons. The third-order valence-electron chi connectivity index (χ3n) is 8.13. The van der Waals surface area contributed by atoms with Gasteiger partial charge in [0.05, 0.1) is 39.8 Å². The maximum atomic E-state index is 13.9. The number of carbonyl (C=O) groups excluding carboxylic acids is 3. The molecular formula is C37H48I2N6O5S2. The number of amides is 4. The van der Waals surface area contributed by atoms with Crippen molar-refractivity contribution in [3.8, 4) is 0 Å². The molecule has 4 unspecified atom stereocenters. The number of ether oxygens (including phenoxy) is 1. The minimum Gasteiger partial charge on any atom is -0.444 e.